The van der Waals surface area contributed by atoms with Crippen LogP contribution in [-0.4, -0.2) is 28.7 Å². The van der Waals surface area contributed by atoms with Crippen LogP contribution in [0.25, 0.3) is 11.0 Å². The van der Waals surface area contributed by atoms with Crippen LogP contribution < -0.4 is 14.8 Å². The summed E-state index contributed by atoms with van der Waals surface area (Å²) in [6, 6.07) is 10.8. The van der Waals surface area contributed by atoms with E-state index in [2.05, 4.69) is 10.3 Å². The van der Waals surface area contributed by atoms with Gasteiger partial charge in [-0.3, -0.25) is 4.79 Å². The van der Waals surface area contributed by atoms with Crippen LogP contribution in [0.15, 0.2) is 36.4 Å². The lowest BCUT2D eigenvalue weighted by molar-refractivity contribution is -0.116. The fourth-order valence-corrected chi connectivity index (χ4v) is 3.16. The summed E-state index contributed by atoms with van der Waals surface area (Å²) in [5, 5.41) is 3.51. The van der Waals surface area contributed by atoms with Gasteiger partial charge in [0.05, 0.1) is 11.0 Å². The lowest BCUT2D eigenvalue weighted by Gasteiger charge is -2.18. The van der Waals surface area contributed by atoms with Crippen LogP contribution in [0, 0.1) is 0 Å². The van der Waals surface area contributed by atoms with Crippen molar-refractivity contribution in [3.63, 3.8) is 0 Å². The number of rotatable bonds is 4. The zero-order valence-electron chi connectivity index (χ0n) is 14.3. The maximum Gasteiger partial charge on any atom is 0.244 e. The number of nitrogens with zero attached hydrogens (tertiary/aromatic N) is 2. The van der Waals surface area contributed by atoms with Crippen LogP contribution >= 0.6 is 11.6 Å². The van der Waals surface area contributed by atoms with E-state index in [0.29, 0.717) is 35.4 Å². The third-order valence-electron chi connectivity index (χ3n) is 4.24. The van der Waals surface area contributed by atoms with Gasteiger partial charge in [-0.1, -0.05) is 18.5 Å². The van der Waals surface area contributed by atoms with E-state index in [1.165, 1.54) is 0 Å². The van der Waals surface area contributed by atoms with Gasteiger partial charge in [-0.15, -0.1) is 0 Å². The Bertz CT molecular complexity index is 966. The Morgan fingerprint density at radius 2 is 1.88 bits per heavy atom. The minimum absolute atomic E-state index is 0.129. The van der Waals surface area contributed by atoms with Crippen molar-refractivity contribution >= 4 is 34.2 Å². The minimum atomic E-state index is -0.129. The summed E-state index contributed by atoms with van der Waals surface area (Å²) in [6.45, 7) is 3.23. The highest BCUT2D eigenvalue weighted by molar-refractivity contribution is 6.30. The molecule has 0 unspecified atom stereocenters. The maximum atomic E-state index is 12.5. The van der Waals surface area contributed by atoms with E-state index in [1.807, 2.05) is 23.6 Å². The molecule has 1 aromatic heterocycles. The molecule has 2 heterocycles. The fraction of sp³-hybridized carbons (Fsp3) is 0.263. The highest BCUT2D eigenvalue weighted by atomic mass is 35.5. The summed E-state index contributed by atoms with van der Waals surface area (Å²) in [7, 11) is 0. The van der Waals surface area contributed by atoms with Crippen LogP contribution in [0.4, 0.5) is 5.69 Å². The lowest BCUT2D eigenvalue weighted by Crippen LogP contribution is -2.20. The zero-order chi connectivity index (χ0) is 18.1. The third kappa shape index (κ3) is 3.20. The van der Waals surface area contributed by atoms with Crippen LogP contribution in [0.5, 0.6) is 11.5 Å². The molecule has 0 fully saturated rings. The van der Waals surface area contributed by atoms with Gasteiger partial charge in [0, 0.05) is 29.3 Å². The van der Waals surface area contributed by atoms with Crippen molar-refractivity contribution < 1.29 is 14.3 Å². The second kappa shape index (κ2) is 6.88. The Balaban J connectivity index is 1.64. The number of aryl methyl sites for hydroxylation is 1. The molecular weight excluding hydrogens is 354 g/mol. The Labute approximate surface area is 155 Å². The molecule has 3 aromatic rings. The van der Waals surface area contributed by atoms with Gasteiger partial charge in [0.1, 0.15) is 25.6 Å². The van der Waals surface area contributed by atoms with E-state index in [-0.39, 0.29) is 12.5 Å². The van der Waals surface area contributed by atoms with Crippen molar-refractivity contribution in [1.82, 2.24) is 9.55 Å². The van der Waals surface area contributed by atoms with Gasteiger partial charge in [-0.2, -0.15) is 0 Å². The molecule has 134 valence electrons. The number of carbonyl (C=O) groups excluding carboxylic acids is 1. The van der Waals surface area contributed by atoms with E-state index < -0.39 is 0 Å². The second-order valence-electron chi connectivity index (χ2n) is 6.01. The van der Waals surface area contributed by atoms with Gasteiger partial charge in [0.25, 0.3) is 0 Å². The topological polar surface area (TPSA) is 65.4 Å². The summed E-state index contributed by atoms with van der Waals surface area (Å²) in [5.74, 6) is 2.09. The minimum Gasteiger partial charge on any atom is -0.486 e. The first kappa shape index (κ1) is 16.7. The number of carbonyl (C=O) groups is 1. The molecule has 2 aromatic carbocycles. The summed E-state index contributed by atoms with van der Waals surface area (Å²) >= 11 is 5.88. The first-order valence-electron chi connectivity index (χ1n) is 8.48. The summed E-state index contributed by atoms with van der Waals surface area (Å²) in [4.78, 5) is 17.2. The van der Waals surface area contributed by atoms with Crippen LogP contribution in [-0.2, 0) is 17.8 Å². The number of amides is 1. The standard InChI is InChI=1S/C19H18ClN3O3/c1-2-18-22-14-9-16-17(26-8-7-25-16)10-15(14)23(18)11-19(24)21-13-5-3-12(20)4-6-13/h3-6,9-10H,2,7-8,11H2,1H3,(H,21,24). The number of anilines is 1. The number of hydrogen-bond acceptors (Lipinski definition) is 4. The van der Waals surface area contributed by atoms with E-state index >= 15 is 0 Å². The monoisotopic (exact) mass is 371 g/mol. The van der Waals surface area contributed by atoms with E-state index in [0.717, 1.165) is 23.3 Å². The molecule has 6 nitrogen and oxygen atoms in total. The van der Waals surface area contributed by atoms with Gasteiger partial charge < -0.3 is 19.4 Å². The van der Waals surface area contributed by atoms with Crippen molar-refractivity contribution in [3.8, 4) is 11.5 Å². The Kier molecular flexibility index (Phi) is 4.42. The normalized spacial score (nSPS) is 13.0. The molecule has 7 heteroatoms. The largest absolute Gasteiger partial charge is 0.486 e. The molecule has 4 rings (SSSR count). The molecule has 0 radical (unpaired) electrons. The predicted octanol–water partition coefficient (Wildman–Crippen LogP) is 3.66. The van der Waals surface area contributed by atoms with Crippen LogP contribution in [0.2, 0.25) is 5.02 Å². The maximum absolute atomic E-state index is 12.5. The molecule has 26 heavy (non-hydrogen) atoms. The molecule has 0 spiro atoms. The van der Waals surface area contributed by atoms with Crippen LogP contribution in [0.1, 0.15) is 12.7 Å². The molecule has 0 aliphatic carbocycles. The smallest absolute Gasteiger partial charge is 0.244 e. The Morgan fingerprint density at radius 3 is 2.58 bits per heavy atom. The number of fused-ring (bicyclic) bond motifs is 2. The average Bonchev–Trinajstić information content (AvgIpc) is 2.98. The SMILES string of the molecule is CCc1nc2cc3c(cc2n1CC(=O)Nc1ccc(Cl)cc1)OCCO3. The lowest BCUT2D eigenvalue weighted by atomic mass is 10.2. The molecule has 1 N–H and O–H groups in total. The quantitative estimate of drug-likeness (QED) is 0.760. The highest BCUT2D eigenvalue weighted by Gasteiger charge is 2.19. The van der Waals surface area contributed by atoms with Gasteiger partial charge in [0.2, 0.25) is 5.91 Å². The zero-order valence-corrected chi connectivity index (χ0v) is 15.0. The van der Waals surface area contributed by atoms with Gasteiger partial charge in [-0.25, -0.2) is 4.98 Å². The van der Waals surface area contributed by atoms with Crippen molar-refractivity contribution in [2.24, 2.45) is 0 Å². The third-order valence-corrected chi connectivity index (χ3v) is 4.49. The number of halogens is 1. The van der Waals surface area contributed by atoms with Crippen molar-refractivity contribution in [1.29, 1.82) is 0 Å². The molecule has 0 saturated heterocycles. The number of hydrogen-bond donors (Lipinski definition) is 1. The van der Waals surface area contributed by atoms with E-state index in [4.69, 9.17) is 21.1 Å². The highest BCUT2D eigenvalue weighted by Crippen LogP contribution is 2.34. The van der Waals surface area contributed by atoms with E-state index in [1.54, 1.807) is 24.3 Å². The van der Waals surface area contributed by atoms with Crippen molar-refractivity contribution in [3.05, 3.63) is 47.2 Å². The first-order chi connectivity index (χ1) is 12.6. The van der Waals surface area contributed by atoms with Crippen LogP contribution in [0.3, 0.4) is 0 Å². The first-order valence-corrected chi connectivity index (χ1v) is 8.86. The molecule has 0 atom stereocenters. The van der Waals surface area contributed by atoms with E-state index in [9.17, 15) is 4.79 Å². The fourth-order valence-electron chi connectivity index (χ4n) is 3.04. The van der Waals surface area contributed by atoms with Crippen molar-refractivity contribution in [2.45, 2.75) is 19.9 Å². The number of ether oxygens (including phenoxy) is 2. The number of nitrogens with one attached hydrogen (secondary N) is 1. The molecule has 1 amide bonds. The van der Waals surface area contributed by atoms with Gasteiger partial charge >= 0.3 is 0 Å². The summed E-state index contributed by atoms with van der Waals surface area (Å²) in [5.41, 5.74) is 2.36. The molecule has 0 bridgehead atoms. The van der Waals surface area contributed by atoms with Gasteiger partial charge in [0.15, 0.2) is 11.5 Å². The Hall–Kier alpha value is -2.73. The number of imidazole rings is 1. The molecular formula is C19H18ClN3O3. The Morgan fingerprint density at radius 1 is 1.19 bits per heavy atom. The van der Waals surface area contributed by atoms with Crippen molar-refractivity contribution in [2.75, 3.05) is 18.5 Å². The summed E-state index contributed by atoms with van der Waals surface area (Å²) in [6.07, 6.45) is 0.718. The second-order valence-corrected chi connectivity index (χ2v) is 6.44. The molecule has 1 aliphatic rings. The molecule has 1 aliphatic heterocycles. The van der Waals surface area contributed by atoms with Gasteiger partial charge in [-0.05, 0) is 24.3 Å². The number of aromatic nitrogens is 2. The predicted molar refractivity (Wildman–Crippen MR) is 100 cm³/mol. The average molecular weight is 372 g/mol. The number of benzene rings is 2. The molecule has 0 saturated carbocycles. The summed E-state index contributed by atoms with van der Waals surface area (Å²) < 4.78 is 13.2.